The number of amides is 2. The van der Waals surface area contributed by atoms with Crippen LogP contribution in [-0.4, -0.2) is 30.9 Å². The molecule has 2 amide bonds. The molecule has 144 valence electrons. The van der Waals surface area contributed by atoms with E-state index in [4.69, 9.17) is 4.74 Å². The number of halogens is 3. The van der Waals surface area contributed by atoms with E-state index in [0.717, 1.165) is 17.7 Å². The summed E-state index contributed by atoms with van der Waals surface area (Å²) >= 11 is 0. The van der Waals surface area contributed by atoms with Gasteiger partial charge >= 0.3 is 12.2 Å². The number of rotatable bonds is 5. The Morgan fingerprint density at radius 3 is 2.35 bits per heavy atom. The Labute approximate surface area is 151 Å². The van der Waals surface area contributed by atoms with E-state index >= 15 is 0 Å². The zero-order valence-corrected chi connectivity index (χ0v) is 14.8. The van der Waals surface area contributed by atoms with Crippen molar-refractivity contribution in [3.05, 3.63) is 29.8 Å². The Hall–Kier alpha value is -1.92. The minimum absolute atomic E-state index is 0.0828. The standard InChI is InChI=1S/C19H25F3N2O2/c1-2-26-15-9-3-12(4-10-15)16-11-17(16)24-18(25)23-14-7-5-13(6-8-14)19(20,21)22/h3-4,9-10,13-14,16-17H,2,5-8,11H2,1H3,(H2,23,24,25)/t13?,14?,16-,17+/m0/s1. The summed E-state index contributed by atoms with van der Waals surface area (Å²) in [5, 5.41) is 5.75. The van der Waals surface area contributed by atoms with Crippen molar-refractivity contribution >= 4 is 6.03 Å². The fourth-order valence-electron chi connectivity index (χ4n) is 3.66. The van der Waals surface area contributed by atoms with Crippen LogP contribution in [0.4, 0.5) is 18.0 Å². The number of hydrogen-bond donors (Lipinski definition) is 2. The molecule has 2 aliphatic rings. The summed E-state index contributed by atoms with van der Waals surface area (Å²) < 4.78 is 43.4. The molecule has 3 rings (SSSR count). The van der Waals surface area contributed by atoms with Gasteiger partial charge in [-0.3, -0.25) is 0 Å². The molecule has 0 radical (unpaired) electrons. The van der Waals surface area contributed by atoms with E-state index in [1.54, 1.807) is 0 Å². The van der Waals surface area contributed by atoms with Crippen LogP contribution in [-0.2, 0) is 0 Å². The molecule has 0 aromatic heterocycles. The van der Waals surface area contributed by atoms with Crippen LogP contribution in [0.2, 0.25) is 0 Å². The summed E-state index contributed by atoms with van der Waals surface area (Å²) in [6, 6.07) is 7.50. The monoisotopic (exact) mass is 370 g/mol. The van der Waals surface area contributed by atoms with Crippen LogP contribution in [0.25, 0.3) is 0 Å². The van der Waals surface area contributed by atoms with Crippen molar-refractivity contribution in [3.63, 3.8) is 0 Å². The minimum Gasteiger partial charge on any atom is -0.494 e. The Morgan fingerprint density at radius 1 is 1.12 bits per heavy atom. The summed E-state index contributed by atoms with van der Waals surface area (Å²) in [6.45, 7) is 2.56. The summed E-state index contributed by atoms with van der Waals surface area (Å²) in [6.07, 6.45) is -2.30. The molecule has 0 heterocycles. The van der Waals surface area contributed by atoms with Crippen LogP contribution >= 0.6 is 0 Å². The van der Waals surface area contributed by atoms with Gasteiger partial charge in [0, 0.05) is 18.0 Å². The molecular formula is C19H25F3N2O2. The molecule has 2 N–H and O–H groups in total. The molecule has 0 saturated heterocycles. The number of alkyl halides is 3. The van der Waals surface area contributed by atoms with Gasteiger partial charge in [-0.05, 0) is 56.7 Å². The van der Waals surface area contributed by atoms with Crippen molar-refractivity contribution in [1.82, 2.24) is 10.6 Å². The summed E-state index contributed by atoms with van der Waals surface area (Å²) in [7, 11) is 0. The largest absolute Gasteiger partial charge is 0.494 e. The molecule has 0 bridgehead atoms. The van der Waals surface area contributed by atoms with Crippen LogP contribution in [0.1, 0.15) is 50.5 Å². The Morgan fingerprint density at radius 2 is 1.77 bits per heavy atom. The van der Waals surface area contributed by atoms with Crippen LogP contribution in [0.15, 0.2) is 24.3 Å². The molecule has 1 aromatic carbocycles. The minimum atomic E-state index is -4.12. The van der Waals surface area contributed by atoms with Crippen LogP contribution in [0.5, 0.6) is 5.75 Å². The van der Waals surface area contributed by atoms with E-state index < -0.39 is 12.1 Å². The number of hydrogen-bond acceptors (Lipinski definition) is 2. The molecule has 7 heteroatoms. The van der Waals surface area contributed by atoms with Crippen LogP contribution < -0.4 is 15.4 Å². The second kappa shape index (κ2) is 7.76. The lowest BCUT2D eigenvalue weighted by atomic mass is 9.86. The first-order chi connectivity index (χ1) is 12.4. The van der Waals surface area contributed by atoms with Gasteiger partial charge in [-0.2, -0.15) is 13.2 Å². The lowest BCUT2D eigenvalue weighted by Crippen LogP contribution is -2.45. The maximum absolute atomic E-state index is 12.7. The zero-order chi connectivity index (χ0) is 18.7. The number of urea groups is 1. The van der Waals surface area contributed by atoms with Gasteiger partial charge < -0.3 is 15.4 Å². The summed E-state index contributed by atoms with van der Waals surface area (Å²) in [5.41, 5.74) is 1.16. The van der Waals surface area contributed by atoms with E-state index in [0.29, 0.717) is 19.4 Å². The summed E-state index contributed by atoms with van der Waals surface area (Å²) in [5.74, 6) is -0.109. The first-order valence-electron chi connectivity index (χ1n) is 9.23. The van der Waals surface area contributed by atoms with Gasteiger partial charge in [0.2, 0.25) is 0 Å². The topological polar surface area (TPSA) is 50.4 Å². The van der Waals surface area contributed by atoms with Crippen molar-refractivity contribution < 1.29 is 22.7 Å². The lowest BCUT2D eigenvalue weighted by Gasteiger charge is -2.30. The number of benzene rings is 1. The van der Waals surface area contributed by atoms with Gasteiger partial charge in [-0.1, -0.05) is 12.1 Å². The van der Waals surface area contributed by atoms with Gasteiger partial charge in [0.15, 0.2) is 0 Å². The van der Waals surface area contributed by atoms with Gasteiger partial charge in [0.25, 0.3) is 0 Å². The Bertz CT molecular complexity index is 610. The highest BCUT2D eigenvalue weighted by Gasteiger charge is 2.42. The number of ether oxygens (including phenoxy) is 1. The SMILES string of the molecule is CCOc1ccc([C@@H]2C[C@H]2NC(=O)NC2CCC(C(F)(F)F)CC2)cc1. The molecule has 0 aliphatic heterocycles. The molecule has 0 spiro atoms. The van der Waals surface area contributed by atoms with Crippen molar-refractivity contribution in [3.8, 4) is 5.75 Å². The molecule has 2 atom stereocenters. The molecular weight excluding hydrogens is 345 g/mol. The normalized spacial score (nSPS) is 28.3. The highest BCUT2D eigenvalue weighted by Crippen LogP contribution is 2.41. The van der Waals surface area contributed by atoms with Crippen molar-refractivity contribution in [2.75, 3.05) is 6.61 Å². The maximum Gasteiger partial charge on any atom is 0.391 e. The third-order valence-electron chi connectivity index (χ3n) is 5.25. The highest BCUT2D eigenvalue weighted by molar-refractivity contribution is 5.75. The lowest BCUT2D eigenvalue weighted by molar-refractivity contribution is -0.182. The van der Waals surface area contributed by atoms with Gasteiger partial charge in [0.05, 0.1) is 12.5 Å². The third kappa shape index (κ3) is 4.83. The van der Waals surface area contributed by atoms with E-state index in [9.17, 15) is 18.0 Å². The van der Waals surface area contributed by atoms with Gasteiger partial charge in [-0.15, -0.1) is 0 Å². The smallest absolute Gasteiger partial charge is 0.391 e. The Balaban J connectivity index is 1.40. The molecule has 4 nitrogen and oxygen atoms in total. The average molecular weight is 370 g/mol. The van der Waals surface area contributed by atoms with E-state index in [1.807, 2.05) is 31.2 Å². The molecule has 2 saturated carbocycles. The second-order valence-corrected chi connectivity index (χ2v) is 7.16. The van der Waals surface area contributed by atoms with Gasteiger partial charge in [-0.25, -0.2) is 4.79 Å². The predicted molar refractivity (Wildman–Crippen MR) is 92.2 cm³/mol. The number of nitrogens with one attached hydrogen (secondary N) is 2. The van der Waals surface area contributed by atoms with E-state index in [-0.39, 0.29) is 36.9 Å². The van der Waals surface area contributed by atoms with E-state index in [2.05, 4.69) is 10.6 Å². The predicted octanol–water partition coefficient (Wildman–Crippen LogP) is 4.36. The number of carbonyl (C=O) groups is 1. The first-order valence-corrected chi connectivity index (χ1v) is 9.23. The Kier molecular flexibility index (Phi) is 5.63. The molecule has 2 fully saturated rings. The fourth-order valence-corrected chi connectivity index (χ4v) is 3.66. The zero-order valence-electron chi connectivity index (χ0n) is 14.8. The molecule has 0 unspecified atom stereocenters. The quantitative estimate of drug-likeness (QED) is 0.809. The van der Waals surface area contributed by atoms with Crippen molar-refractivity contribution in [2.24, 2.45) is 5.92 Å². The third-order valence-corrected chi connectivity index (χ3v) is 5.25. The number of carbonyl (C=O) groups excluding carboxylic acids is 1. The van der Waals surface area contributed by atoms with Crippen LogP contribution in [0.3, 0.4) is 0 Å². The van der Waals surface area contributed by atoms with Crippen molar-refractivity contribution in [2.45, 2.75) is 63.2 Å². The molecule has 26 heavy (non-hydrogen) atoms. The maximum atomic E-state index is 12.7. The first kappa shape index (κ1) is 18.9. The van der Waals surface area contributed by atoms with E-state index in [1.165, 1.54) is 0 Å². The van der Waals surface area contributed by atoms with Crippen molar-refractivity contribution in [1.29, 1.82) is 0 Å². The van der Waals surface area contributed by atoms with Gasteiger partial charge in [0.1, 0.15) is 5.75 Å². The average Bonchev–Trinajstić information content (AvgIpc) is 3.34. The summed E-state index contributed by atoms with van der Waals surface area (Å²) in [4.78, 5) is 12.1. The molecule has 2 aliphatic carbocycles. The second-order valence-electron chi connectivity index (χ2n) is 7.16. The van der Waals surface area contributed by atoms with Crippen LogP contribution in [0, 0.1) is 5.92 Å². The molecule has 1 aromatic rings. The highest BCUT2D eigenvalue weighted by atomic mass is 19.4. The fraction of sp³-hybridized carbons (Fsp3) is 0.632.